The van der Waals surface area contributed by atoms with Crippen LogP contribution in [0.25, 0.3) is 0 Å². The first kappa shape index (κ1) is 12.9. The van der Waals surface area contributed by atoms with Gasteiger partial charge in [0.1, 0.15) is 0 Å². The van der Waals surface area contributed by atoms with Gasteiger partial charge in [-0.1, -0.05) is 13.8 Å². The summed E-state index contributed by atoms with van der Waals surface area (Å²) in [6.07, 6.45) is -0.0436. The van der Waals surface area contributed by atoms with Crippen molar-refractivity contribution >= 4 is 11.9 Å². The minimum Gasteiger partial charge on any atom is -0.481 e. The van der Waals surface area contributed by atoms with E-state index in [0.717, 1.165) is 0 Å². The van der Waals surface area contributed by atoms with Crippen LogP contribution in [0.2, 0.25) is 0 Å². The van der Waals surface area contributed by atoms with Crippen molar-refractivity contribution in [2.75, 3.05) is 0 Å². The second-order valence-electron chi connectivity index (χ2n) is 3.95. The molecule has 0 atom stereocenters. The molecule has 0 aromatic carbocycles. The van der Waals surface area contributed by atoms with Crippen molar-refractivity contribution in [1.82, 2.24) is 0 Å². The molecule has 0 aliphatic rings. The number of hydrogen-bond donors (Lipinski definition) is 4. The van der Waals surface area contributed by atoms with Crippen LogP contribution in [-0.4, -0.2) is 27.8 Å². The quantitative estimate of drug-likeness (QED) is 0.450. The summed E-state index contributed by atoms with van der Waals surface area (Å²) in [4.78, 5) is 21.0. The molecule has 0 amide bonds. The summed E-state index contributed by atoms with van der Waals surface area (Å²) < 4.78 is 0. The molecule has 0 aliphatic heterocycles. The molecular weight excluding hydrogens is 188 g/mol. The van der Waals surface area contributed by atoms with E-state index in [1.807, 2.05) is 0 Å². The maximum atomic E-state index is 10.7. The minimum absolute atomic E-state index is 0.113. The van der Waals surface area contributed by atoms with Crippen LogP contribution in [0.5, 0.6) is 0 Å². The molecule has 0 saturated heterocycles. The highest BCUT2D eigenvalue weighted by Crippen LogP contribution is 2.30. The molecule has 0 aromatic rings. The molecule has 82 valence electrons. The Balaban J connectivity index is 4.59. The van der Waals surface area contributed by atoms with Crippen molar-refractivity contribution in [2.45, 2.75) is 32.4 Å². The summed E-state index contributed by atoms with van der Waals surface area (Å²) in [7, 11) is 0. The van der Waals surface area contributed by atoms with E-state index < -0.39 is 23.0 Å². The molecule has 6 heteroatoms. The third-order valence-electron chi connectivity index (χ3n) is 2.44. The Morgan fingerprint density at radius 1 is 1.21 bits per heavy atom. The first-order valence-corrected chi connectivity index (χ1v) is 4.14. The molecule has 0 rings (SSSR count). The molecule has 0 aromatic heterocycles. The van der Waals surface area contributed by atoms with Gasteiger partial charge >= 0.3 is 11.9 Å². The van der Waals surface area contributed by atoms with E-state index in [4.69, 9.17) is 21.7 Å². The van der Waals surface area contributed by atoms with Crippen LogP contribution in [0.1, 0.15) is 26.7 Å². The molecule has 0 heterocycles. The SMILES string of the molecule is CC(C)(CCC(=O)O)C(N)(N)C(=O)O. The fraction of sp³-hybridized carbons (Fsp3) is 0.750. The average molecular weight is 204 g/mol. The third kappa shape index (κ3) is 2.68. The Labute approximate surface area is 81.9 Å². The highest BCUT2D eigenvalue weighted by molar-refractivity contribution is 5.78. The largest absolute Gasteiger partial charge is 0.481 e. The van der Waals surface area contributed by atoms with Crippen LogP contribution in [0.4, 0.5) is 0 Å². The summed E-state index contributed by atoms with van der Waals surface area (Å²) >= 11 is 0. The third-order valence-corrected chi connectivity index (χ3v) is 2.44. The van der Waals surface area contributed by atoms with Gasteiger partial charge in [0.2, 0.25) is 0 Å². The van der Waals surface area contributed by atoms with Crippen molar-refractivity contribution in [2.24, 2.45) is 16.9 Å². The van der Waals surface area contributed by atoms with Gasteiger partial charge in [-0.3, -0.25) is 4.79 Å². The van der Waals surface area contributed by atoms with E-state index in [-0.39, 0.29) is 12.8 Å². The highest BCUT2D eigenvalue weighted by atomic mass is 16.4. The van der Waals surface area contributed by atoms with Crippen LogP contribution in [0.3, 0.4) is 0 Å². The predicted molar refractivity (Wildman–Crippen MR) is 49.4 cm³/mol. The second-order valence-corrected chi connectivity index (χ2v) is 3.95. The molecule has 14 heavy (non-hydrogen) atoms. The smallest absolute Gasteiger partial charge is 0.339 e. The average Bonchev–Trinajstić information content (AvgIpc) is 2.00. The summed E-state index contributed by atoms with van der Waals surface area (Å²) in [5.74, 6) is -2.34. The van der Waals surface area contributed by atoms with E-state index in [9.17, 15) is 9.59 Å². The van der Waals surface area contributed by atoms with E-state index in [1.165, 1.54) is 13.8 Å². The number of carboxylic acid groups (broad SMARTS) is 2. The maximum Gasteiger partial charge on any atom is 0.339 e. The van der Waals surface area contributed by atoms with Gasteiger partial charge in [0, 0.05) is 11.8 Å². The fourth-order valence-electron chi connectivity index (χ4n) is 0.916. The molecule has 0 aliphatic carbocycles. The minimum atomic E-state index is -1.91. The van der Waals surface area contributed by atoms with Gasteiger partial charge in [0.25, 0.3) is 0 Å². The van der Waals surface area contributed by atoms with Crippen molar-refractivity contribution in [1.29, 1.82) is 0 Å². The van der Waals surface area contributed by atoms with Crippen LogP contribution < -0.4 is 11.5 Å². The van der Waals surface area contributed by atoms with E-state index in [0.29, 0.717) is 0 Å². The lowest BCUT2D eigenvalue weighted by Gasteiger charge is -2.36. The Bertz CT molecular complexity index is 248. The van der Waals surface area contributed by atoms with Crippen LogP contribution in [0, 0.1) is 5.41 Å². The van der Waals surface area contributed by atoms with Gasteiger partial charge in [-0.2, -0.15) is 0 Å². The molecule has 0 spiro atoms. The molecule has 0 radical (unpaired) electrons. The first-order valence-electron chi connectivity index (χ1n) is 4.14. The standard InChI is InChI=1S/C8H16N2O4/c1-7(2,4-3-5(11)12)8(9,10)6(13)14/h3-4,9-10H2,1-2H3,(H,11,12)(H,13,14). The van der Waals surface area contributed by atoms with Gasteiger partial charge in [-0.05, 0) is 6.42 Å². The van der Waals surface area contributed by atoms with Gasteiger partial charge < -0.3 is 21.7 Å². The van der Waals surface area contributed by atoms with Crippen molar-refractivity contribution < 1.29 is 19.8 Å². The van der Waals surface area contributed by atoms with Crippen LogP contribution in [-0.2, 0) is 9.59 Å². The lowest BCUT2D eigenvalue weighted by atomic mass is 9.76. The lowest BCUT2D eigenvalue weighted by Crippen LogP contribution is -2.65. The number of rotatable bonds is 5. The van der Waals surface area contributed by atoms with E-state index >= 15 is 0 Å². The number of hydrogen-bond acceptors (Lipinski definition) is 4. The van der Waals surface area contributed by atoms with E-state index in [1.54, 1.807) is 0 Å². The Morgan fingerprint density at radius 3 is 1.93 bits per heavy atom. The number of carboxylic acids is 2. The number of nitrogens with two attached hydrogens (primary N) is 2. The van der Waals surface area contributed by atoms with Gasteiger partial charge in [-0.25, -0.2) is 4.79 Å². The Kier molecular flexibility index (Phi) is 3.61. The van der Waals surface area contributed by atoms with Crippen molar-refractivity contribution in [3.63, 3.8) is 0 Å². The van der Waals surface area contributed by atoms with Gasteiger partial charge in [0.05, 0.1) is 0 Å². The van der Waals surface area contributed by atoms with Crippen LogP contribution >= 0.6 is 0 Å². The molecule has 0 saturated carbocycles. The van der Waals surface area contributed by atoms with Gasteiger partial charge in [0.15, 0.2) is 5.66 Å². The molecule has 6 N–H and O–H groups in total. The molecular formula is C8H16N2O4. The van der Waals surface area contributed by atoms with E-state index in [2.05, 4.69) is 0 Å². The summed E-state index contributed by atoms with van der Waals surface area (Å²) in [6.45, 7) is 3.06. The first-order chi connectivity index (χ1) is 6.11. The monoisotopic (exact) mass is 204 g/mol. The second kappa shape index (κ2) is 3.93. The zero-order valence-corrected chi connectivity index (χ0v) is 8.28. The number of carbonyl (C=O) groups is 2. The number of aliphatic carboxylic acids is 2. The topological polar surface area (TPSA) is 127 Å². The fourth-order valence-corrected chi connectivity index (χ4v) is 0.916. The Hall–Kier alpha value is -1.14. The molecule has 6 nitrogen and oxygen atoms in total. The van der Waals surface area contributed by atoms with Gasteiger partial charge in [-0.15, -0.1) is 0 Å². The summed E-state index contributed by atoms with van der Waals surface area (Å²) in [5, 5.41) is 17.2. The van der Waals surface area contributed by atoms with Crippen molar-refractivity contribution in [3.05, 3.63) is 0 Å². The Morgan fingerprint density at radius 2 is 1.64 bits per heavy atom. The summed E-state index contributed by atoms with van der Waals surface area (Å²) in [6, 6.07) is 0. The zero-order chi connectivity index (χ0) is 11.6. The lowest BCUT2D eigenvalue weighted by molar-refractivity contribution is -0.149. The predicted octanol–water partition coefficient (Wildman–Crippen LogP) is -0.424. The normalized spacial score (nSPS) is 12.6. The highest BCUT2D eigenvalue weighted by Gasteiger charge is 2.44. The maximum absolute atomic E-state index is 10.7. The van der Waals surface area contributed by atoms with Crippen LogP contribution in [0.15, 0.2) is 0 Å². The molecule has 0 fully saturated rings. The summed E-state index contributed by atoms with van der Waals surface area (Å²) in [5.41, 5.74) is 7.93. The zero-order valence-electron chi connectivity index (χ0n) is 8.28. The molecule has 0 unspecified atom stereocenters. The van der Waals surface area contributed by atoms with Crippen molar-refractivity contribution in [3.8, 4) is 0 Å². The molecule has 0 bridgehead atoms.